The van der Waals surface area contributed by atoms with Gasteiger partial charge in [0.05, 0.1) is 5.39 Å². The first kappa shape index (κ1) is 9.72. The second kappa shape index (κ2) is 4.17. The lowest BCUT2D eigenvalue weighted by atomic mass is 10.2. The summed E-state index contributed by atoms with van der Waals surface area (Å²) in [5.41, 5.74) is 1.81. The van der Waals surface area contributed by atoms with Crippen LogP contribution in [0, 0.1) is 0 Å². The molecule has 82 valence electrons. The third kappa shape index (κ3) is 1.92. The van der Waals surface area contributed by atoms with Crippen molar-refractivity contribution in [1.82, 2.24) is 15.2 Å². The van der Waals surface area contributed by atoms with Crippen molar-refractivity contribution in [1.29, 1.82) is 0 Å². The lowest BCUT2D eigenvalue weighted by Crippen LogP contribution is -1.78. The van der Waals surface area contributed by atoms with Crippen LogP contribution in [0.2, 0.25) is 0 Å². The first-order valence-corrected chi connectivity index (χ1v) is 5.32. The molecule has 2 aromatic heterocycles. The predicted octanol–water partition coefficient (Wildman–Crippen LogP) is 2.71. The van der Waals surface area contributed by atoms with E-state index in [1.165, 1.54) is 0 Å². The Morgan fingerprint density at radius 3 is 2.82 bits per heavy atom. The maximum atomic E-state index is 4.36. The van der Waals surface area contributed by atoms with Crippen molar-refractivity contribution in [3.05, 3.63) is 54.2 Å². The second-order valence-corrected chi connectivity index (χ2v) is 3.62. The average molecular weight is 222 g/mol. The predicted molar refractivity (Wildman–Crippen MR) is 67.6 cm³/mol. The van der Waals surface area contributed by atoms with Gasteiger partial charge in [0.2, 0.25) is 0 Å². The molecular weight excluding hydrogens is 212 g/mol. The largest absolute Gasteiger partial charge is 0.259 e. The van der Waals surface area contributed by atoms with Crippen LogP contribution in [-0.4, -0.2) is 21.4 Å². The first-order chi connectivity index (χ1) is 8.43. The molecule has 0 aliphatic heterocycles. The van der Waals surface area contributed by atoms with Crippen LogP contribution < -0.4 is 0 Å². The fourth-order valence-electron chi connectivity index (χ4n) is 1.61. The minimum atomic E-state index is 0.664. The van der Waals surface area contributed by atoms with Gasteiger partial charge in [0, 0.05) is 12.4 Å². The van der Waals surface area contributed by atoms with Crippen LogP contribution in [-0.2, 0) is 0 Å². The molecule has 0 amide bonds. The monoisotopic (exact) mass is 222 g/mol. The normalized spacial score (nSPS) is 11.3. The Bertz CT molecular complexity index is 655. The summed E-state index contributed by atoms with van der Waals surface area (Å²) >= 11 is 0. The number of fused-ring (bicyclic) bond motifs is 1. The van der Waals surface area contributed by atoms with E-state index in [-0.39, 0.29) is 0 Å². The van der Waals surface area contributed by atoms with E-state index in [9.17, 15) is 0 Å². The van der Waals surface area contributed by atoms with Crippen molar-refractivity contribution in [2.45, 2.75) is 0 Å². The van der Waals surface area contributed by atoms with Gasteiger partial charge in [0.15, 0.2) is 11.5 Å². The van der Waals surface area contributed by atoms with E-state index in [1.807, 2.05) is 42.5 Å². The number of nitrogens with zero attached hydrogens (tertiary/aromatic N) is 3. The summed E-state index contributed by atoms with van der Waals surface area (Å²) in [5.74, 6) is 0.664. The molecule has 3 aromatic rings. The molecular formula is C13H10N4. The molecule has 0 unspecified atom stereocenters. The molecule has 0 saturated carbocycles. The average Bonchev–Trinajstić information content (AvgIpc) is 2.81. The first-order valence-electron chi connectivity index (χ1n) is 5.32. The molecule has 0 saturated heterocycles. The van der Waals surface area contributed by atoms with Gasteiger partial charge in [-0.25, -0.2) is 9.98 Å². The van der Waals surface area contributed by atoms with Crippen LogP contribution in [0.5, 0.6) is 0 Å². The van der Waals surface area contributed by atoms with E-state index in [1.54, 1.807) is 12.4 Å². The summed E-state index contributed by atoms with van der Waals surface area (Å²) in [6.07, 6.45) is 3.52. The number of nitrogens with one attached hydrogen (secondary N) is 1. The van der Waals surface area contributed by atoms with Gasteiger partial charge in [-0.05, 0) is 17.7 Å². The number of rotatable bonds is 2. The highest BCUT2D eigenvalue weighted by atomic mass is 15.2. The molecule has 1 aromatic carbocycles. The third-order valence-corrected chi connectivity index (χ3v) is 2.45. The zero-order chi connectivity index (χ0) is 11.5. The van der Waals surface area contributed by atoms with Gasteiger partial charge in [0.25, 0.3) is 0 Å². The van der Waals surface area contributed by atoms with Gasteiger partial charge >= 0.3 is 0 Å². The molecule has 0 fully saturated rings. The summed E-state index contributed by atoms with van der Waals surface area (Å²) in [5, 5.41) is 7.90. The summed E-state index contributed by atoms with van der Waals surface area (Å²) < 4.78 is 0. The molecule has 0 bridgehead atoms. The minimum absolute atomic E-state index is 0.664. The number of aromatic amines is 1. The van der Waals surface area contributed by atoms with Gasteiger partial charge in [-0.3, -0.25) is 5.10 Å². The van der Waals surface area contributed by atoms with Crippen molar-refractivity contribution < 1.29 is 0 Å². The Kier molecular flexibility index (Phi) is 2.38. The Labute approximate surface area is 98.0 Å². The molecule has 2 heterocycles. The van der Waals surface area contributed by atoms with Gasteiger partial charge in [-0.15, -0.1) is 0 Å². The molecule has 3 rings (SSSR count). The Balaban J connectivity index is 1.98. The molecule has 0 radical (unpaired) electrons. The number of benzene rings is 1. The van der Waals surface area contributed by atoms with Gasteiger partial charge in [-0.2, -0.15) is 5.10 Å². The lowest BCUT2D eigenvalue weighted by Gasteiger charge is -1.90. The molecule has 0 spiro atoms. The van der Waals surface area contributed by atoms with Crippen LogP contribution in [0.3, 0.4) is 0 Å². The van der Waals surface area contributed by atoms with Crippen molar-refractivity contribution in [3.63, 3.8) is 0 Å². The number of pyridine rings is 1. The van der Waals surface area contributed by atoms with E-state index in [4.69, 9.17) is 0 Å². The summed E-state index contributed by atoms with van der Waals surface area (Å²) in [4.78, 5) is 8.52. The van der Waals surface area contributed by atoms with Crippen molar-refractivity contribution >= 4 is 23.1 Å². The molecule has 1 N–H and O–H groups in total. The van der Waals surface area contributed by atoms with Crippen LogP contribution >= 0.6 is 0 Å². The van der Waals surface area contributed by atoms with Crippen LogP contribution in [0.1, 0.15) is 5.56 Å². The lowest BCUT2D eigenvalue weighted by molar-refractivity contribution is 1.09. The van der Waals surface area contributed by atoms with E-state index >= 15 is 0 Å². The van der Waals surface area contributed by atoms with Crippen LogP contribution in [0.25, 0.3) is 11.0 Å². The van der Waals surface area contributed by atoms with Gasteiger partial charge < -0.3 is 0 Å². The number of aromatic nitrogens is 3. The van der Waals surface area contributed by atoms with E-state index in [0.717, 1.165) is 16.6 Å². The quantitative estimate of drug-likeness (QED) is 0.678. The van der Waals surface area contributed by atoms with Crippen molar-refractivity contribution in [2.24, 2.45) is 4.99 Å². The maximum Gasteiger partial charge on any atom is 0.183 e. The van der Waals surface area contributed by atoms with Gasteiger partial charge in [-0.1, -0.05) is 30.3 Å². The second-order valence-electron chi connectivity index (χ2n) is 3.62. The molecule has 0 atom stereocenters. The molecule has 0 aliphatic rings. The zero-order valence-corrected chi connectivity index (χ0v) is 9.04. The topological polar surface area (TPSA) is 53.9 Å². The molecule has 17 heavy (non-hydrogen) atoms. The third-order valence-electron chi connectivity index (χ3n) is 2.45. The Hall–Kier alpha value is -2.49. The van der Waals surface area contributed by atoms with Crippen molar-refractivity contribution in [2.75, 3.05) is 0 Å². The van der Waals surface area contributed by atoms with E-state index in [0.29, 0.717) is 5.82 Å². The summed E-state index contributed by atoms with van der Waals surface area (Å²) in [6.45, 7) is 0. The van der Waals surface area contributed by atoms with Crippen LogP contribution in [0.4, 0.5) is 5.82 Å². The number of hydrogen-bond acceptors (Lipinski definition) is 3. The standard InChI is InChI=1S/C13H10N4/c1-2-5-10(6-3-1)9-15-13-11-7-4-8-14-12(11)16-17-13/h1-9H,(H,14,16,17). The minimum Gasteiger partial charge on any atom is -0.259 e. The summed E-state index contributed by atoms with van der Waals surface area (Å²) in [7, 11) is 0. The molecule has 4 nitrogen and oxygen atoms in total. The number of H-pyrrole nitrogens is 1. The molecule has 0 aliphatic carbocycles. The smallest absolute Gasteiger partial charge is 0.183 e. The number of aliphatic imine (C=N–C) groups is 1. The Morgan fingerprint density at radius 2 is 1.94 bits per heavy atom. The zero-order valence-electron chi connectivity index (χ0n) is 9.04. The Morgan fingerprint density at radius 1 is 1.06 bits per heavy atom. The van der Waals surface area contributed by atoms with Crippen LogP contribution in [0.15, 0.2) is 53.7 Å². The maximum absolute atomic E-state index is 4.36. The van der Waals surface area contributed by atoms with Crippen molar-refractivity contribution in [3.8, 4) is 0 Å². The molecule has 4 heteroatoms. The highest BCUT2D eigenvalue weighted by molar-refractivity contribution is 5.89. The van der Waals surface area contributed by atoms with E-state index < -0.39 is 0 Å². The highest BCUT2D eigenvalue weighted by Gasteiger charge is 2.02. The fraction of sp³-hybridized carbons (Fsp3) is 0. The number of hydrogen-bond donors (Lipinski definition) is 1. The SMILES string of the molecule is C(=Nc1n[nH]c2ncccc12)c1ccccc1. The van der Waals surface area contributed by atoms with Gasteiger partial charge in [0.1, 0.15) is 0 Å². The summed E-state index contributed by atoms with van der Waals surface area (Å²) in [6, 6.07) is 13.7. The van der Waals surface area contributed by atoms with E-state index in [2.05, 4.69) is 20.2 Å². The fourth-order valence-corrected chi connectivity index (χ4v) is 1.61. The highest BCUT2D eigenvalue weighted by Crippen LogP contribution is 2.20.